The van der Waals surface area contributed by atoms with Crippen molar-refractivity contribution in [1.82, 2.24) is 15.0 Å². The Morgan fingerprint density at radius 2 is 0.872 bits per heavy atom. The Labute approximate surface area is 271 Å². The summed E-state index contributed by atoms with van der Waals surface area (Å²) in [7, 11) is 0. The lowest BCUT2D eigenvalue weighted by molar-refractivity contribution is 0.669. The number of benzene rings is 7. The Morgan fingerprint density at radius 1 is 0.319 bits per heavy atom. The molecule has 2 aromatic heterocycles. The number of nitrogens with zero attached hydrogens (tertiary/aromatic N) is 3. The Hall–Kier alpha value is -6.39. The van der Waals surface area contributed by atoms with E-state index >= 15 is 0 Å². The van der Waals surface area contributed by atoms with Crippen LogP contribution in [0.4, 0.5) is 0 Å². The first-order valence-corrected chi connectivity index (χ1v) is 15.7. The fourth-order valence-electron chi connectivity index (χ4n) is 6.36. The molecule has 0 aliphatic carbocycles. The van der Waals surface area contributed by atoms with Gasteiger partial charge in [-0.2, -0.15) is 0 Å². The summed E-state index contributed by atoms with van der Waals surface area (Å²) in [4.78, 5) is 14.9. The average Bonchev–Trinajstić information content (AvgIpc) is 3.53. The van der Waals surface area contributed by atoms with Crippen molar-refractivity contribution in [3.63, 3.8) is 0 Å². The topological polar surface area (TPSA) is 51.8 Å². The minimum atomic E-state index is 0.601. The smallest absolute Gasteiger partial charge is 0.164 e. The molecule has 0 aliphatic rings. The standard InChI is InChI=1S/C43H27N3O/c1-3-10-28(11-4-1)32-22-24-36-33(26-32)14-9-16-35(36)29-18-20-31(21-19-29)42-44-41(30-12-5-2-6-13-30)45-43(46-42)34-23-25-38-37-15-7-8-17-39(37)47-40(38)27-34/h1-27H. The van der Waals surface area contributed by atoms with Crippen LogP contribution in [-0.4, -0.2) is 15.0 Å². The van der Waals surface area contributed by atoms with Crippen molar-refractivity contribution in [2.75, 3.05) is 0 Å². The van der Waals surface area contributed by atoms with Crippen molar-refractivity contribution in [3.05, 3.63) is 164 Å². The molecule has 0 N–H and O–H groups in total. The molecule has 4 nitrogen and oxygen atoms in total. The highest BCUT2D eigenvalue weighted by molar-refractivity contribution is 6.05. The van der Waals surface area contributed by atoms with Gasteiger partial charge >= 0.3 is 0 Å². The molecule has 0 saturated carbocycles. The second kappa shape index (κ2) is 11.2. The molecule has 0 atom stereocenters. The zero-order valence-corrected chi connectivity index (χ0v) is 25.3. The second-order valence-corrected chi connectivity index (χ2v) is 11.7. The summed E-state index contributed by atoms with van der Waals surface area (Å²) >= 11 is 0. The largest absolute Gasteiger partial charge is 0.456 e. The van der Waals surface area contributed by atoms with E-state index in [0.29, 0.717) is 17.5 Å². The predicted octanol–water partition coefficient (Wildman–Crippen LogP) is 11.3. The fraction of sp³-hybridized carbons (Fsp3) is 0. The van der Waals surface area contributed by atoms with Gasteiger partial charge in [0, 0.05) is 27.5 Å². The van der Waals surface area contributed by atoms with E-state index in [1.807, 2.05) is 60.7 Å². The summed E-state index contributed by atoms with van der Waals surface area (Å²) in [5, 5.41) is 4.60. The van der Waals surface area contributed by atoms with E-state index in [4.69, 9.17) is 19.4 Å². The van der Waals surface area contributed by atoms with Gasteiger partial charge in [-0.25, -0.2) is 15.0 Å². The molecule has 0 spiro atoms. The van der Waals surface area contributed by atoms with Gasteiger partial charge in [-0.05, 0) is 57.3 Å². The van der Waals surface area contributed by atoms with Crippen molar-refractivity contribution in [3.8, 4) is 56.4 Å². The number of aromatic nitrogens is 3. The highest BCUT2D eigenvalue weighted by atomic mass is 16.3. The van der Waals surface area contributed by atoms with E-state index in [0.717, 1.165) is 44.2 Å². The summed E-state index contributed by atoms with van der Waals surface area (Å²) in [6, 6.07) is 56.5. The van der Waals surface area contributed by atoms with Crippen LogP contribution < -0.4 is 0 Å². The molecular weight excluding hydrogens is 574 g/mol. The van der Waals surface area contributed by atoms with Crippen molar-refractivity contribution in [1.29, 1.82) is 0 Å². The van der Waals surface area contributed by atoms with Crippen LogP contribution in [0.3, 0.4) is 0 Å². The van der Waals surface area contributed by atoms with Gasteiger partial charge in [-0.1, -0.05) is 140 Å². The van der Waals surface area contributed by atoms with Gasteiger partial charge in [0.2, 0.25) is 0 Å². The molecule has 4 heteroatoms. The van der Waals surface area contributed by atoms with Gasteiger partial charge in [0.1, 0.15) is 11.2 Å². The highest BCUT2D eigenvalue weighted by Crippen LogP contribution is 2.35. The van der Waals surface area contributed by atoms with Gasteiger partial charge in [-0.15, -0.1) is 0 Å². The summed E-state index contributed by atoms with van der Waals surface area (Å²) < 4.78 is 6.19. The molecule has 0 bridgehead atoms. The first-order valence-electron chi connectivity index (χ1n) is 15.7. The number of furan rings is 1. The maximum Gasteiger partial charge on any atom is 0.164 e. The predicted molar refractivity (Wildman–Crippen MR) is 192 cm³/mol. The lowest BCUT2D eigenvalue weighted by Crippen LogP contribution is -2.00. The molecular formula is C43H27N3O. The monoisotopic (exact) mass is 601 g/mol. The van der Waals surface area contributed by atoms with Crippen molar-refractivity contribution in [2.24, 2.45) is 0 Å². The summed E-state index contributed by atoms with van der Waals surface area (Å²) in [5.41, 5.74) is 9.16. The number of hydrogen-bond donors (Lipinski definition) is 0. The number of para-hydroxylation sites is 1. The maximum atomic E-state index is 6.19. The highest BCUT2D eigenvalue weighted by Gasteiger charge is 2.15. The Kier molecular flexibility index (Phi) is 6.43. The third-order valence-electron chi connectivity index (χ3n) is 8.75. The van der Waals surface area contributed by atoms with Gasteiger partial charge < -0.3 is 4.42 Å². The van der Waals surface area contributed by atoms with Crippen molar-refractivity contribution >= 4 is 32.7 Å². The van der Waals surface area contributed by atoms with E-state index in [9.17, 15) is 0 Å². The van der Waals surface area contributed by atoms with E-state index in [1.54, 1.807) is 0 Å². The van der Waals surface area contributed by atoms with Crippen molar-refractivity contribution in [2.45, 2.75) is 0 Å². The minimum Gasteiger partial charge on any atom is -0.456 e. The van der Waals surface area contributed by atoms with E-state index in [1.165, 1.54) is 27.5 Å². The van der Waals surface area contributed by atoms with Crippen LogP contribution in [0, 0.1) is 0 Å². The van der Waals surface area contributed by atoms with Gasteiger partial charge in [0.15, 0.2) is 17.5 Å². The molecule has 9 aromatic rings. The molecule has 7 aromatic carbocycles. The Bertz CT molecular complexity index is 2550. The summed E-state index contributed by atoms with van der Waals surface area (Å²) in [6.07, 6.45) is 0. The third-order valence-corrected chi connectivity index (χ3v) is 8.75. The van der Waals surface area contributed by atoms with Crippen LogP contribution in [0.5, 0.6) is 0 Å². The molecule has 0 amide bonds. The van der Waals surface area contributed by atoms with E-state index in [2.05, 4.69) is 103 Å². The lowest BCUT2D eigenvalue weighted by atomic mass is 9.95. The van der Waals surface area contributed by atoms with E-state index < -0.39 is 0 Å². The second-order valence-electron chi connectivity index (χ2n) is 11.7. The van der Waals surface area contributed by atoms with Crippen LogP contribution in [-0.2, 0) is 0 Å². The third kappa shape index (κ3) is 4.93. The SMILES string of the molecule is c1ccc(-c2ccc3c(-c4ccc(-c5nc(-c6ccccc6)nc(-c6ccc7c(c6)oc6ccccc67)n5)cc4)cccc3c2)cc1. The summed E-state index contributed by atoms with van der Waals surface area (Å²) in [5.74, 6) is 1.85. The van der Waals surface area contributed by atoms with Crippen LogP contribution in [0.25, 0.3) is 89.1 Å². The molecule has 9 rings (SSSR count). The quantitative estimate of drug-likeness (QED) is 0.197. The first-order chi connectivity index (χ1) is 23.3. The molecule has 0 fully saturated rings. The number of hydrogen-bond acceptors (Lipinski definition) is 4. The fourth-order valence-corrected chi connectivity index (χ4v) is 6.36. The summed E-state index contributed by atoms with van der Waals surface area (Å²) in [6.45, 7) is 0. The van der Waals surface area contributed by atoms with Gasteiger partial charge in [-0.3, -0.25) is 0 Å². The maximum absolute atomic E-state index is 6.19. The zero-order chi connectivity index (χ0) is 31.2. The van der Waals surface area contributed by atoms with E-state index in [-0.39, 0.29) is 0 Å². The van der Waals surface area contributed by atoms with Gasteiger partial charge in [0.25, 0.3) is 0 Å². The molecule has 0 unspecified atom stereocenters. The molecule has 0 aliphatic heterocycles. The van der Waals surface area contributed by atoms with Gasteiger partial charge in [0.05, 0.1) is 0 Å². The van der Waals surface area contributed by atoms with Crippen LogP contribution in [0.2, 0.25) is 0 Å². The number of rotatable bonds is 5. The normalized spacial score (nSPS) is 11.4. The first kappa shape index (κ1) is 27.0. The Morgan fingerprint density at radius 3 is 1.64 bits per heavy atom. The molecule has 2 heterocycles. The molecule has 0 radical (unpaired) electrons. The Balaban J connectivity index is 1.12. The lowest BCUT2D eigenvalue weighted by Gasteiger charge is -2.11. The van der Waals surface area contributed by atoms with Crippen LogP contribution >= 0.6 is 0 Å². The average molecular weight is 602 g/mol. The van der Waals surface area contributed by atoms with Crippen molar-refractivity contribution < 1.29 is 4.42 Å². The van der Waals surface area contributed by atoms with Crippen LogP contribution in [0.1, 0.15) is 0 Å². The molecule has 220 valence electrons. The molecule has 47 heavy (non-hydrogen) atoms. The number of fused-ring (bicyclic) bond motifs is 4. The minimum absolute atomic E-state index is 0.601. The van der Waals surface area contributed by atoms with Crippen LogP contribution in [0.15, 0.2) is 168 Å². The molecule has 0 saturated heterocycles. The zero-order valence-electron chi connectivity index (χ0n) is 25.3.